The maximum absolute atomic E-state index is 2.48. The predicted molar refractivity (Wildman–Crippen MR) is 248 cm³/mol. The van der Waals surface area contributed by atoms with E-state index in [9.17, 15) is 0 Å². The molecule has 0 unspecified atom stereocenters. The Morgan fingerprint density at radius 2 is 0.931 bits per heavy atom. The number of thiophene rings is 1. The van der Waals surface area contributed by atoms with Gasteiger partial charge in [-0.05, 0) is 96.1 Å². The van der Waals surface area contributed by atoms with E-state index in [-0.39, 0.29) is 0 Å². The highest BCUT2D eigenvalue weighted by Crippen LogP contribution is 2.44. The SMILES string of the molecule is c1ccc(N(c2ccccc2)c2ccc3c(c2)c2ccc(-c4cccc(-n5c6ccccc6c6ccc7c8ccccc8sc7c65)c4)cc2n3-c2ccccc2)cc1. The fraction of sp³-hybridized carbons (Fsp3) is 0. The normalized spacial score (nSPS) is 11.8. The number of nitrogens with zero attached hydrogens (tertiary/aromatic N) is 3. The first kappa shape index (κ1) is 32.8. The van der Waals surface area contributed by atoms with E-state index in [1.807, 2.05) is 11.3 Å². The monoisotopic (exact) mass is 757 g/mol. The van der Waals surface area contributed by atoms with Crippen molar-refractivity contribution in [2.45, 2.75) is 0 Å². The summed E-state index contributed by atoms with van der Waals surface area (Å²) in [6.07, 6.45) is 0. The molecule has 12 rings (SSSR count). The third-order valence-corrected chi connectivity index (χ3v) is 12.9. The first-order valence-electron chi connectivity index (χ1n) is 19.8. The highest BCUT2D eigenvalue weighted by Gasteiger charge is 2.20. The van der Waals surface area contributed by atoms with Crippen LogP contribution in [0.15, 0.2) is 212 Å². The lowest BCUT2D eigenvalue weighted by Gasteiger charge is -2.25. The molecule has 0 saturated heterocycles. The second kappa shape index (κ2) is 13.1. The second-order valence-electron chi connectivity index (χ2n) is 15.0. The van der Waals surface area contributed by atoms with Crippen molar-refractivity contribution in [1.29, 1.82) is 0 Å². The van der Waals surface area contributed by atoms with Gasteiger partial charge in [-0.3, -0.25) is 0 Å². The average Bonchev–Trinajstić information content (AvgIpc) is 3.95. The van der Waals surface area contributed by atoms with Crippen LogP contribution in [0.3, 0.4) is 0 Å². The van der Waals surface area contributed by atoms with Crippen molar-refractivity contribution in [1.82, 2.24) is 9.13 Å². The number of fused-ring (bicyclic) bond motifs is 10. The van der Waals surface area contributed by atoms with E-state index in [4.69, 9.17) is 0 Å². The number of anilines is 3. The third-order valence-electron chi connectivity index (χ3n) is 11.7. The Balaban J connectivity index is 1.06. The molecule has 3 nitrogen and oxygen atoms in total. The highest BCUT2D eigenvalue weighted by atomic mass is 32.1. The van der Waals surface area contributed by atoms with Crippen LogP contribution >= 0.6 is 11.3 Å². The van der Waals surface area contributed by atoms with Crippen LogP contribution < -0.4 is 4.90 Å². The van der Waals surface area contributed by atoms with Crippen LogP contribution in [-0.2, 0) is 0 Å². The molecule has 3 heterocycles. The van der Waals surface area contributed by atoms with E-state index in [1.165, 1.54) is 74.9 Å². The van der Waals surface area contributed by atoms with Crippen LogP contribution in [0.1, 0.15) is 0 Å². The molecule has 0 amide bonds. The van der Waals surface area contributed by atoms with Crippen LogP contribution in [0.4, 0.5) is 17.1 Å². The van der Waals surface area contributed by atoms with E-state index in [2.05, 4.69) is 226 Å². The number of para-hydroxylation sites is 4. The van der Waals surface area contributed by atoms with Crippen molar-refractivity contribution in [3.05, 3.63) is 212 Å². The smallest absolute Gasteiger partial charge is 0.0719 e. The molecule has 0 spiro atoms. The Bertz CT molecular complexity index is 3460. The summed E-state index contributed by atoms with van der Waals surface area (Å²) in [5, 5.41) is 7.62. The largest absolute Gasteiger partial charge is 0.310 e. The minimum absolute atomic E-state index is 1.12. The van der Waals surface area contributed by atoms with E-state index >= 15 is 0 Å². The molecule has 0 fully saturated rings. The minimum Gasteiger partial charge on any atom is -0.310 e. The van der Waals surface area contributed by atoms with Gasteiger partial charge >= 0.3 is 0 Å². The molecular weight excluding hydrogens is 723 g/mol. The zero-order valence-corrected chi connectivity index (χ0v) is 32.3. The molecule has 0 atom stereocenters. The third kappa shape index (κ3) is 5.05. The van der Waals surface area contributed by atoms with Gasteiger partial charge in [0.25, 0.3) is 0 Å². The van der Waals surface area contributed by atoms with Gasteiger partial charge in [-0.1, -0.05) is 127 Å². The first-order valence-corrected chi connectivity index (χ1v) is 20.6. The molecule has 0 radical (unpaired) electrons. The molecule has 0 aliphatic carbocycles. The molecule has 12 aromatic rings. The molecule has 0 aliphatic heterocycles. The van der Waals surface area contributed by atoms with Gasteiger partial charge in [0.15, 0.2) is 0 Å². The fourth-order valence-corrected chi connectivity index (χ4v) is 10.3. The Hall–Kier alpha value is -7.40. The van der Waals surface area contributed by atoms with Crippen LogP contribution in [0.2, 0.25) is 0 Å². The summed E-state index contributed by atoms with van der Waals surface area (Å²) in [5.41, 5.74) is 12.9. The van der Waals surface area contributed by atoms with Crippen LogP contribution in [-0.4, -0.2) is 9.13 Å². The molecule has 4 heteroatoms. The zero-order valence-electron chi connectivity index (χ0n) is 31.5. The predicted octanol–water partition coefficient (Wildman–Crippen LogP) is 15.4. The van der Waals surface area contributed by atoms with Crippen molar-refractivity contribution < 1.29 is 0 Å². The topological polar surface area (TPSA) is 13.1 Å². The van der Waals surface area contributed by atoms with Crippen LogP contribution in [0, 0.1) is 0 Å². The van der Waals surface area contributed by atoms with Crippen LogP contribution in [0.25, 0.3) is 86.3 Å². The first-order chi connectivity index (χ1) is 28.8. The number of rotatable bonds is 6. The molecule has 58 heavy (non-hydrogen) atoms. The van der Waals surface area contributed by atoms with E-state index in [0.717, 1.165) is 28.4 Å². The van der Waals surface area contributed by atoms with Crippen molar-refractivity contribution in [2.75, 3.05) is 4.90 Å². The van der Waals surface area contributed by atoms with E-state index in [1.54, 1.807) is 0 Å². The van der Waals surface area contributed by atoms with Gasteiger partial charge in [-0.25, -0.2) is 0 Å². The summed E-state index contributed by atoms with van der Waals surface area (Å²) in [6.45, 7) is 0. The fourth-order valence-electron chi connectivity index (χ4n) is 9.11. The molecule has 9 aromatic carbocycles. The van der Waals surface area contributed by atoms with Crippen molar-refractivity contribution >= 4 is 92.2 Å². The van der Waals surface area contributed by atoms with Gasteiger partial charge in [0.05, 0.1) is 26.8 Å². The van der Waals surface area contributed by atoms with Gasteiger partial charge in [0.2, 0.25) is 0 Å². The highest BCUT2D eigenvalue weighted by molar-refractivity contribution is 7.26. The molecule has 0 N–H and O–H groups in total. The maximum atomic E-state index is 2.48. The van der Waals surface area contributed by atoms with Crippen molar-refractivity contribution in [3.63, 3.8) is 0 Å². The summed E-state index contributed by atoms with van der Waals surface area (Å²) in [7, 11) is 0. The Morgan fingerprint density at radius 1 is 0.328 bits per heavy atom. The molecule has 0 aliphatic rings. The lowest BCUT2D eigenvalue weighted by atomic mass is 10.0. The second-order valence-corrected chi connectivity index (χ2v) is 16.0. The molecule has 3 aromatic heterocycles. The quantitative estimate of drug-likeness (QED) is 0.165. The van der Waals surface area contributed by atoms with Gasteiger partial charge in [0, 0.05) is 65.5 Å². The summed E-state index contributed by atoms with van der Waals surface area (Å²) in [4.78, 5) is 2.34. The van der Waals surface area contributed by atoms with E-state index in [0.29, 0.717) is 0 Å². The standard InChI is InChI=1S/C54H35N3S/c1-4-16-38(17-5-1)55(39-18-6-2-7-19-39)42-28-32-50-48(35-42)44-29-27-37(34-51(44)56(50)40-20-8-3-9-21-40)36-15-14-22-41(33-36)57-49-25-12-10-23-43(49)46-30-31-47-45-24-11-13-26-52(45)58-54(47)53(46)57/h1-35H. The summed E-state index contributed by atoms with van der Waals surface area (Å²) < 4.78 is 7.55. The van der Waals surface area contributed by atoms with Gasteiger partial charge < -0.3 is 14.0 Å². The number of benzene rings is 9. The lowest BCUT2D eigenvalue weighted by Crippen LogP contribution is -2.09. The average molecular weight is 758 g/mol. The van der Waals surface area contributed by atoms with E-state index < -0.39 is 0 Å². The molecular formula is C54H35N3S. The number of hydrogen-bond donors (Lipinski definition) is 0. The Morgan fingerprint density at radius 3 is 1.72 bits per heavy atom. The molecule has 272 valence electrons. The molecule has 0 bridgehead atoms. The Labute approximate surface area is 339 Å². The number of hydrogen-bond acceptors (Lipinski definition) is 2. The molecule has 0 saturated carbocycles. The summed E-state index contributed by atoms with van der Waals surface area (Å²) in [5.74, 6) is 0. The van der Waals surface area contributed by atoms with Gasteiger partial charge in [0.1, 0.15) is 0 Å². The van der Waals surface area contributed by atoms with Crippen LogP contribution in [0.5, 0.6) is 0 Å². The van der Waals surface area contributed by atoms with Gasteiger partial charge in [-0.2, -0.15) is 0 Å². The maximum Gasteiger partial charge on any atom is 0.0719 e. The zero-order chi connectivity index (χ0) is 38.2. The summed E-state index contributed by atoms with van der Waals surface area (Å²) in [6, 6.07) is 77.2. The van der Waals surface area contributed by atoms with Gasteiger partial charge in [-0.15, -0.1) is 11.3 Å². The minimum atomic E-state index is 1.12. The lowest BCUT2D eigenvalue weighted by molar-refractivity contribution is 1.18. The van der Waals surface area contributed by atoms with Crippen molar-refractivity contribution in [2.24, 2.45) is 0 Å². The summed E-state index contributed by atoms with van der Waals surface area (Å²) >= 11 is 1.89. The van der Waals surface area contributed by atoms with Crippen molar-refractivity contribution in [3.8, 4) is 22.5 Å². The number of aromatic nitrogens is 2. The Kier molecular flexibility index (Phi) is 7.40.